The molecule has 5 heteroatoms. The number of ketones is 3. The molecule has 1 saturated heterocycles. The second-order valence-electron chi connectivity index (χ2n) is 10.1. The topological polar surface area (TPSA) is 54.5 Å². The molecule has 3 aliphatic rings. The van der Waals surface area contributed by atoms with Gasteiger partial charge in [0.05, 0.1) is 6.04 Å². The number of Topliss-reactive ketones (excluding diaryl/α,β-unsaturated/α-hetero) is 3. The van der Waals surface area contributed by atoms with E-state index in [2.05, 4.69) is 0 Å². The van der Waals surface area contributed by atoms with Crippen LogP contribution in [0.15, 0.2) is 109 Å². The summed E-state index contributed by atoms with van der Waals surface area (Å²) in [5, 5.41) is 0.576. The van der Waals surface area contributed by atoms with E-state index >= 15 is 0 Å². The summed E-state index contributed by atoms with van der Waals surface area (Å²) in [7, 11) is 0. The largest absolute Gasteiger partial charge is 0.352 e. The Bertz CT molecular complexity index is 1630. The van der Waals surface area contributed by atoms with Gasteiger partial charge in [0.25, 0.3) is 0 Å². The first kappa shape index (κ1) is 22.9. The molecule has 0 radical (unpaired) electrons. The molecule has 184 valence electrons. The summed E-state index contributed by atoms with van der Waals surface area (Å²) >= 11 is 6.34. The van der Waals surface area contributed by atoms with Crippen molar-refractivity contribution in [3.05, 3.63) is 142 Å². The molecule has 4 aromatic rings. The van der Waals surface area contributed by atoms with Gasteiger partial charge < -0.3 is 4.90 Å². The van der Waals surface area contributed by atoms with Crippen molar-refractivity contribution in [2.45, 2.75) is 18.0 Å². The molecule has 3 atom stereocenters. The molecule has 2 heterocycles. The molecule has 7 rings (SSSR count). The van der Waals surface area contributed by atoms with Gasteiger partial charge in [-0.2, -0.15) is 0 Å². The summed E-state index contributed by atoms with van der Waals surface area (Å²) in [6.45, 7) is 0. The second kappa shape index (κ2) is 8.37. The lowest BCUT2D eigenvalue weighted by atomic mass is 9.64. The first-order valence-electron chi connectivity index (χ1n) is 12.6. The van der Waals surface area contributed by atoms with Crippen LogP contribution < -0.4 is 4.90 Å². The number of fused-ring (bicyclic) bond motifs is 5. The zero-order valence-electron chi connectivity index (χ0n) is 20.3. The first-order chi connectivity index (χ1) is 18.5. The van der Waals surface area contributed by atoms with Crippen molar-refractivity contribution in [2.24, 2.45) is 5.41 Å². The number of carbonyl (C=O) groups is 3. The summed E-state index contributed by atoms with van der Waals surface area (Å²) in [6, 6.07) is 29.8. The third kappa shape index (κ3) is 2.95. The zero-order valence-corrected chi connectivity index (χ0v) is 21.0. The van der Waals surface area contributed by atoms with Crippen LogP contribution in [0.5, 0.6) is 0 Å². The van der Waals surface area contributed by atoms with Crippen molar-refractivity contribution >= 4 is 40.7 Å². The fourth-order valence-corrected chi connectivity index (χ4v) is 6.93. The molecular formula is C33H22ClNO3. The van der Waals surface area contributed by atoms with Crippen LogP contribution in [-0.4, -0.2) is 29.4 Å². The molecule has 2 aliphatic heterocycles. The van der Waals surface area contributed by atoms with E-state index in [1.54, 1.807) is 42.5 Å². The molecule has 0 amide bonds. The molecule has 0 N–H and O–H groups in total. The first-order valence-corrected chi connectivity index (χ1v) is 13.0. The van der Waals surface area contributed by atoms with Gasteiger partial charge in [-0.3, -0.25) is 14.4 Å². The van der Waals surface area contributed by atoms with E-state index in [4.69, 9.17) is 11.6 Å². The number of carbonyl (C=O) groups excluding carboxylic acids is 3. The van der Waals surface area contributed by atoms with E-state index < -0.39 is 23.4 Å². The number of nitrogens with zero attached hydrogens (tertiary/aromatic N) is 1. The van der Waals surface area contributed by atoms with Gasteiger partial charge in [0.1, 0.15) is 11.5 Å². The maximum atomic E-state index is 14.5. The molecule has 1 fully saturated rings. The lowest BCUT2D eigenvalue weighted by Crippen LogP contribution is -2.48. The minimum Gasteiger partial charge on any atom is -0.352 e. The Morgan fingerprint density at radius 3 is 2.03 bits per heavy atom. The number of hydrogen-bond acceptors (Lipinski definition) is 4. The third-order valence-electron chi connectivity index (χ3n) is 8.25. The Labute approximate surface area is 225 Å². The highest BCUT2D eigenvalue weighted by Crippen LogP contribution is 2.61. The average molecular weight is 516 g/mol. The van der Waals surface area contributed by atoms with Crippen molar-refractivity contribution in [1.29, 1.82) is 0 Å². The lowest BCUT2D eigenvalue weighted by Gasteiger charge is -2.37. The normalized spacial score (nSPS) is 22.3. The highest BCUT2D eigenvalue weighted by Gasteiger charge is 2.71. The van der Waals surface area contributed by atoms with Crippen LogP contribution in [0.4, 0.5) is 5.69 Å². The Kier molecular flexibility index (Phi) is 5.04. The predicted molar refractivity (Wildman–Crippen MR) is 148 cm³/mol. The third-order valence-corrected chi connectivity index (χ3v) is 8.49. The zero-order chi connectivity index (χ0) is 26.0. The molecule has 4 aromatic carbocycles. The Balaban J connectivity index is 1.55. The van der Waals surface area contributed by atoms with Crippen molar-refractivity contribution in [3.8, 4) is 0 Å². The summed E-state index contributed by atoms with van der Waals surface area (Å²) in [5.74, 6) is -1.30. The Hall–Kier alpha value is -4.28. The number of hydrogen-bond donors (Lipinski definition) is 0. The second-order valence-corrected chi connectivity index (χ2v) is 10.5. The minimum atomic E-state index is -1.49. The molecule has 38 heavy (non-hydrogen) atoms. The Morgan fingerprint density at radius 2 is 1.37 bits per heavy atom. The number of anilines is 1. The van der Waals surface area contributed by atoms with E-state index in [1.165, 1.54) is 0 Å². The quantitative estimate of drug-likeness (QED) is 0.226. The van der Waals surface area contributed by atoms with E-state index in [-0.39, 0.29) is 17.3 Å². The standard InChI is InChI=1S/C33H22ClNO3/c34-23-16-17-26-22(19-23)15-18-27-33(31(37)24-13-7-8-14-25(24)32(33)38)28(20-9-3-1-4-10-20)29(35(26)27)30(36)21-11-5-2-6-12-21/h1-19,27-29H/t27-,28-,29+/m0/s1. The van der Waals surface area contributed by atoms with Gasteiger partial charge in [-0.1, -0.05) is 109 Å². The van der Waals surface area contributed by atoms with Gasteiger partial charge in [-0.25, -0.2) is 0 Å². The average Bonchev–Trinajstić information content (AvgIpc) is 3.39. The lowest BCUT2D eigenvalue weighted by molar-refractivity contribution is 0.0666. The number of rotatable bonds is 3. The monoisotopic (exact) mass is 515 g/mol. The fraction of sp³-hybridized carbons (Fsp3) is 0.121. The molecule has 1 aliphatic carbocycles. The summed E-state index contributed by atoms with van der Waals surface area (Å²) < 4.78 is 0. The van der Waals surface area contributed by atoms with Gasteiger partial charge in [0.2, 0.25) is 0 Å². The SMILES string of the molecule is O=C(c1ccccc1)[C@H]1[C@H](c2ccccc2)C2(C(=O)c3ccccc3C2=O)[C@@H]2C=Cc3cc(Cl)ccc3N21. The summed E-state index contributed by atoms with van der Waals surface area (Å²) in [5.41, 5.74) is 2.30. The number of halogens is 1. The minimum absolute atomic E-state index is 0.130. The molecule has 0 saturated carbocycles. The van der Waals surface area contributed by atoms with Crippen LogP contribution in [0.3, 0.4) is 0 Å². The van der Waals surface area contributed by atoms with Crippen LogP contribution in [-0.2, 0) is 0 Å². The van der Waals surface area contributed by atoms with E-state index in [0.29, 0.717) is 21.7 Å². The van der Waals surface area contributed by atoms with Crippen molar-refractivity contribution in [1.82, 2.24) is 0 Å². The van der Waals surface area contributed by atoms with Gasteiger partial charge in [-0.15, -0.1) is 0 Å². The smallest absolute Gasteiger partial charge is 0.185 e. The van der Waals surface area contributed by atoms with Gasteiger partial charge in [0.15, 0.2) is 17.3 Å². The van der Waals surface area contributed by atoms with E-state index in [0.717, 1.165) is 16.8 Å². The van der Waals surface area contributed by atoms with Crippen LogP contribution in [0.2, 0.25) is 5.02 Å². The summed E-state index contributed by atoms with van der Waals surface area (Å²) in [4.78, 5) is 45.5. The molecule has 0 aromatic heterocycles. The van der Waals surface area contributed by atoms with Gasteiger partial charge in [-0.05, 0) is 29.3 Å². The fourth-order valence-electron chi connectivity index (χ4n) is 6.75. The van der Waals surface area contributed by atoms with Gasteiger partial charge >= 0.3 is 0 Å². The van der Waals surface area contributed by atoms with Crippen LogP contribution >= 0.6 is 11.6 Å². The molecular weight excluding hydrogens is 494 g/mol. The summed E-state index contributed by atoms with van der Waals surface area (Å²) in [6.07, 6.45) is 3.83. The highest BCUT2D eigenvalue weighted by molar-refractivity contribution is 6.32. The molecule has 0 unspecified atom stereocenters. The van der Waals surface area contributed by atoms with Crippen molar-refractivity contribution in [3.63, 3.8) is 0 Å². The van der Waals surface area contributed by atoms with E-state index in [9.17, 15) is 14.4 Å². The maximum absolute atomic E-state index is 14.5. The molecule has 0 bridgehead atoms. The molecule has 1 spiro atoms. The Morgan fingerprint density at radius 1 is 0.763 bits per heavy atom. The molecule has 4 nitrogen and oxygen atoms in total. The van der Waals surface area contributed by atoms with Crippen LogP contribution in [0, 0.1) is 5.41 Å². The van der Waals surface area contributed by atoms with Crippen molar-refractivity contribution in [2.75, 3.05) is 4.90 Å². The number of benzene rings is 4. The maximum Gasteiger partial charge on any atom is 0.185 e. The van der Waals surface area contributed by atoms with Crippen molar-refractivity contribution < 1.29 is 14.4 Å². The van der Waals surface area contributed by atoms with E-state index in [1.807, 2.05) is 77.7 Å². The van der Waals surface area contributed by atoms with Gasteiger partial charge in [0, 0.05) is 33.3 Å². The van der Waals surface area contributed by atoms with Crippen LogP contribution in [0.25, 0.3) is 6.08 Å². The predicted octanol–water partition coefficient (Wildman–Crippen LogP) is 6.66. The highest BCUT2D eigenvalue weighted by atomic mass is 35.5. The van der Waals surface area contributed by atoms with Crippen LogP contribution in [0.1, 0.15) is 48.1 Å².